The van der Waals surface area contributed by atoms with E-state index in [4.69, 9.17) is 4.74 Å². The standard InChI is InChI=1S/C26H21F6N3O2/c1-3-37-23(36)24(2,14-16-5-4-6-19(13-16)26(30,31)32)21-11-12-33-22-20(15-34-35(21)22)17-7-9-18(10-8-17)25(27,28)29/h4-13,15H,3,14H2,1-2H3. The van der Waals surface area contributed by atoms with E-state index < -0.39 is 34.9 Å². The number of esters is 1. The molecular weight excluding hydrogens is 500 g/mol. The maximum Gasteiger partial charge on any atom is 0.416 e. The molecular formula is C26H21F6N3O2. The lowest BCUT2D eigenvalue weighted by molar-refractivity contribution is -0.149. The molecule has 0 spiro atoms. The van der Waals surface area contributed by atoms with Gasteiger partial charge in [0.15, 0.2) is 5.65 Å². The highest BCUT2D eigenvalue weighted by Gasteiger charge is 2.40. The van der Waals surface area contributed by atoms with Crippen molar-refractivity contribution in [1.29, 1.82) is 0 Å². The van der Waals surface area contributed by atoms with Gasteiger partial charge in [-0.1, -0.05) is 30.3 Å². The molecule has 1 atom stereocenters. The summed E-state index contributed by atoms with van der Waals surface area (Å²) >= 11 is 0. The maximum absolute atomic E-state index is 13.3. The Morgan fingerprint density at radius 3 is 2.24 bits per heavy atom. The molecule has 2 aromatic heterocycles. The van der Waals surface area contributed by atoms with E-state index in [0.29, 0.717) is 16.8 Å². The summed E-state index contributed by atoms with van der Waals surface area (Å²) in [5, 5.41) is 4.32. The summed E-state index contributed by atoms with van der Waals surface area (Å²) in [7, 11) is 0. The molecule has 0 amide bonds. The Morgan fingerprint density at radius 2 is 1.62 bits per heavy atom. The third kappa shape index (κ3) is 5.16. The van der Waals surface area contributed by atoms with Crippen molar-refractivity contribution in [1.82, 2.24) is 14.6 Å². The van der Waals surface area contributed by atoms with Crippen LogP contribution >= 0.6 is 0 Å². The number of benzene rings is 2. The number of aromatic nitrogens is 3. The Hall–Kier alpha value is -3.89. The van der Waals surface area contributed by atoms with Gasteiger partial charge in [-0.3, -0.25) is 4.79 Å². The molecule has 2 aromatic carbocycles. The van der Waals surface area contributed by atoms with Crippen LogP contribution in [0.15, 0.2) is 67.0 Å². The van der Waals surface area contributed by atoms with Gasteiger partial charge in [0.1, 0.15) is 5.41 Å². The lowest BCUT2D eigenvalue weighted by Gasteiger charge is -2.28. The maximum atomic E-state index is 13.3. The predicted molar refractivity (Wildman–Crippen MR) is 123 cm³/mol. The van der Waals surface area contributed by atoms with E-state index in [1.807, 2.05) is 0 Å². The quantitative estimate of drug-likeness (QED) is 0.215. The van der Waals surface area contributed by atoms with Crippen molar-refractivity contribution in [3.63, 3.8) is 0 Å². The summed E-state index contributed by atoms with van der Waals surface area (Å²) in [6.07, 6.45) is -6.37. The number of carbonyl (C=O) groups excluding carboxylic acids is 1. The van der Waals surface area contributed by atoms with E-state index >= 15 is 0 Å². The fraction of sp³-hybridized carbons (Fsp3) is 0.269. The van der Waals surface area contributed by atoms with Gasteiger partial charge in [-0.2, -0.15) is 31.4 Å². The first-order valence-electron chi connectivity index (χ1n) is 11.2. The predicted octanol–water partition coefficient (Wildman–Crippen LogP) is 6.50. The SMILES string of the molecule is CCOC(=O)C(C)(Cc1cccc(C(F)(F)F)c1)c1ccnc2c(-c3ccc(C(F)(F)F)cc3)cnn12. The number of rotatable bonds is 6. The molecule has 0 fully saturated rings. The third-order valence-corrected chi connectivity index (χ3v) is 6.03. The fourth-order valence-electron chi connectivity index (χ4n) is 4.18. The Kier molecular flexibility index (Phi) is 6.74. The van der Waals surface area contributed by atoms with Crippen LogP contribution in [0.3, 0.4) is 0 Å². The first-order valence-corrected chi connectivity index (χ1v) is 11.2. The highest BCUT2D eigenvalue weighted by molar-refractivity contribution is 5.84. The van der Waals surface area contributed by atoms with E-state index in [1.165, 1.54) is 47.2 Å². The lowest BCUT2D eigenvalue weighted by atomic mass is 9.80. The summed E-state index contributed by atoms with van der Waals surface area (Å²) in [5.74, 6) is -0.675. The first-order chi connectivity index (χ1) is 17.3. The summed E-state index contributed by atoms with van der Waals surface area (Å²) in [4.78, 5) is 17.5. The minimum absolute atomic E-state index is 0.0428. The largest absolute Gasteiger partial charge is 0.465 e. The Labute approximate surface area is 207 Å². The van der Waals surface area contributed by atoms with Crippen molar-refractivity contribution >= 4 is 11.6 Å². The third-order valence-electron chi connectivity index (χ3n) is 6.03. The van der Waals surface area contributed by atoms with Crippen molar-refractivity contribution in [2.75, 3.05) is 6.61 Å². The zero-order chi connectivity index (χ0) is 27.0. The van der Waals surface area contributed by atoms with Gasteiger partial charge in [0, 0.05) is 11.8 Å². The second kappa shape index (κ2) is 9.53. The molecule has 11 heteroatoms. The Bertz CT molecular complexity index is 1430. The molecule has 0 radical (unpaired) electrons. The monoisotopic (exact) mass is 521 g/mol. The van der Waals surface area contributed by atoms with Gasteiger partial charge in [0.25, 0.3) is 0 Å². The summed E-state index contributed by atoms with van der Waals surface area (Å²) in [6, 6.07) is 10.7. The summed E-state index contributed by atoms with van der Waals surface area (Å²) in [5.41, 5.74) is -1.47. The number of fused-ring (bicyclic) bond motifs is 1. The van der Waals surface area contributed by atoms with Gasteiger partial charge in [-0.25, -0.2) is 9.50 Å². The molecule has 0 aliphatic carbocycles. The molecule has 4 aromatic rings. The molecule has 0 saturated carbocycles. The number of halogens is 6. The lowest BCUT2D eigenvalue weighted by Crippen LogP contribution is -2.38. The number of hydrogen-bond donors (Lipinski definition) is 0. The normalized spacial score (nSPS) is 13.9. The molecule has 194 valence electrons. The Morgan fingerprint density at radius 1 is 0.946 bits per heavy atom. The number of hydrogen-bond acceptors (Lipinski definition) is 4. The van der Waals surface area contributed by atoms with Gasteiger partial charge in [-0.15, -0.1) is 0 Å². The molecule has 2 heterocycles. The number of alkyl halides is 6. The second-order valence-electron chi connectivity index (χ2n) is 8.63. The van der Waals surface area contributed by atoms with Crippen molar-refractivity contribution in [2.24, 2.45) is 0 Å². The highest BCUT2D eigenvalue weighted by atomic mass is 19.4. The summed E-state index contributed by atoms with van der Waals surface area (Å²) in [6.45, 7) is 3.20. The molecule has 37 heavy (non-hydrogen) atoms. The topological polar surface area (TPSA) is 56.5 Å². The number of carbonyl (C=O) groups is 1. The van der Waals surface area contributed by atoms with Crippen LogP contribution in [0.2, 0.25) is 0 Å². The van der Waals surface area contributed by atoms with Gasteiger partial charge in [0.05, 0.1) is 29.6 Å². The zero-order valence-electron chi connectivity index (χ0n) is 19.7. The molecule has 0 aliphatic heterocycles. The van der Waals surface area contributed by atoms with Crippen LogP contribution in [-0.4, -0.2) is 27.2 Å². The minimum atomic E-state index is -4.56. The molecule has 0 N–H and O–H groups in total. The van der Waals surface area contributed by atoms with Gasteiger partial charge in [-0.05, 0) is 55.7 Å². The van der Waals surface area contributed by atoms with Crippen LogP contribution in [-0.2, 0) is 33.7 Å². The van der Waals surface area contributed by atoms with Crippen molar-refractivity contribution < 1.29 is 35.9 Å². The molecule has 0 bridgehead atoms. The van der Waals surface area contributed by atoms with Gasteiger partial charge < -0.3 is 4.74 Å². The first kappa shape index (κ1) is 26.2. The highest BCUT2D eigenvalue weighted by Crippen LogP contribution is 2.36. The van der Waals surface area contributed by atoms with E-state index in [9.17, 15) is 31.1 Å². The number of ether oxygens (including phenoxy) is 1. The molecule has 4 rings (SSSR count). The number of nitrogens with zero attached hydrogens (tertiary/aromatic N) is 3. The summed E-state index contributed by atoms with van der Waals surface area (Å²) < 4.78 is 85.4. The Balaban J connectivity index is 1.81. The van der Waals surface area contributed by atoms with Crippen LogP contribution in [0.1, 0.15) is 36.2 Å². The van der Waals surface area contributed by atoms with E-state index in [0.717, 1.165) is 24.3 Å². The van der Waals surface area contributed by atoms with Crippen LogP contribution in [0.5, 0.6) is 0 Å². The van der Waals surface area contributed by atoms with E-state index in [1.54, 1.807) is 13.8 Å². The van der Waals surface area contributed by atoms with Crippen molar-refractivity contribution in [2.45, 2.75) is 38.0 Å². The minimum Gasteiger partial charge on any atom is -0.465 e. The van der Waals surface area contributed by atoms with Crippen LogP contribution in [0, 0.1) is 0 Å². The smallest absolute Gasteiger partial charge is 0.416 e. The molecule has 0 aliphatic rings. The van der Waals surface area contributed by atoms with Gasteiger partial charge >= 0.3 is 18.3 Å². The van der Waals surface area contributed by atoms with E-state index in [2.05, 4.69) is 10.1 Å². The average Bonchev–Trinajstić information content (AvgIpc) is 3.27. The van der Waals surface area contributed by atoms with Crippen LogP contribution in [0.4, 0.5) is 26.3 Å². The van der Waals surface area contributed by atoms with E-state index in [-0.39, 0.29) is 24.2 Å². The molecule has 0 saturated heterocycles. The fourth-order valence-corrected chi connectivity index (χ4v) is 4.18. The molecule has 1 unspecified atom stereocenters. The van der Waals surface area contributed by atoms with Crippen molar-refractivity contribution in [3.8, 4) is 11.1 Å². The molecule has 5 nitrogen and oxygen atoms in total. The van der Waals surface area contributed by atoms with Crippen molar-refractivity contribution in [3.05, 3.63) is 89.4 Å². The van der Waals surface area contributed by atoms with Gasteiger partial charge in [0.2, 0.25) is 0 Å². The average molecular weight is 521 g/mol. The van der Waals surface area contributed by atoms with Crippen LogP contribution in [0.25, 0.3) is 16.8 Å². The second-order valence-corrected chi connectivity index (χ2v) is 8.63. The van der Waals surface area contributed by atoms with Crippen LogP contribution < -0.4 is 0 Å². The zero-order valence-corrected chi connectivity index (χ0v) is 19.7.